The third-order valence-corrected chi connectivity index (χ3v) is 4.15. The van der Waals surface area contributed by atoms with Crippen LogP contribution >= 0.6 is 0 Å². The number of hydrogen-bond donors (Lipinski definition) is 1. The van der Waals surface area contributed by atoms with Crippen LogP contribution in [0, 0.1) is 6.92 Å². The summed E-state index contributed by atoms with van der Waals surface area (Å²) in [7, 11) is 3.13. The van der Waals surface area contributed by atoms with E-state index in [2.05, 4.69) is 15.3 Å². The van der Waals surface area contributed by atoms with Gasteiger partial charge in [-0.05, 0) is 44.2 Å². The van der Waals surface area contributed by atoms with Crippen LogP contribution in [0.1, 0.15) is 28.8 Å². The van der Waals surface area contributed by atoms with Crippen molar-refractivity contribution in [3.05, 3.63) is 53.6 Å². The van der Waals surface area contributed by atoms with Crippen molar-refractivity contribution in [2.45, 2.75) is 20.4 Å². The molecule has 0 aliphatic rings. The van der Waals surface area contributed by atoms with Gasteiger partial charge in [-0.3, -0.25) is 0 Å². The van der Waals surface area contributed by atoms with Gasteiger partial charge in [0.25, 0.3) is 0 Å². The molecule has 0 amide bonds. The fourth-order valence-corrected chi connectivity index (χ4v) is 2.74. The largest absolute Gasteiger partial charge is 0.493 e. The molecule has 1 aromatic carbocycles. The van der Waals surface area contributed by atoms with Gasteiger partial charge >= 0.3 is 5.97 Å². The van der Waals surface area contributed by atoms with Gasteiger partial charge in [-0.25, -0.2) is 14.8 Å². The van der Waals surface area contributed by atoms with E-state index in [1.807, 2.05) is 25.1 Å². The third-order valence-electron chi connectivity index (χ3n) is 4.15. The Kier molecular flexibility index (Phi) is 6.33. The molecule has 2 heterocycles. The van der Waals surface area contributed by atoms with Crippen LogP contribution in [-0.2, 0) is 11.3 Å². The summed E-state index contributed by atoms with van der Waals surface area (Å²) in [5.74, 6) is 2.98. The number of carbonyl (C=O) groups excluding carboxylic acids is 1. The van der Waals surface area contributed by atoms with Gasteiger partial charge < -0.3 is 23.9 Å². The number of carbonyl (C=O) groups is 1. The van der Waals surface area contributed by atoms with Crippen molar-refractivity contribution in [1.82, 2.24) is 9.97 Å². The molecule has 152 valence electrons. The van der Waals surface area contributed by atoms with E-state index in [9.17, 15) is 4.79 Å². The minimum Gasteiger partial charge on any atom is -0.493 e. The molecular weight excluding hydrogens is 374 g/mol. The fourth-order valence-electron chi connectivity index (χ4n) is 2.74. The van der Waals surface area contributed by atoms with Gasteiger partial charge in [-0.2, -0.15) is 0 Å². The lowest BCUT2D eigenvalue weighted by molar-refractivity contribution is 0.0526. The Balaban J connectivity index is 1.95. The average Bonchev–Trinajstić information content (AvgIpc) is 3.16. The lowest BCUT2D eigenvalue weighted by Gasteiger charge is -2.12. The zero-order valence-electron chi connectivity index (χ0n) is 16.8. The highest BCUT2D eigenvalue weighted by molar-refractivity contribution is 5.94. The summed E-state index contributed by atoms with van der Waals surface area (Å²) >= 11 is 0. The fraction of sp³-hybridized carbons (Fsp3) is 0.286. The van der Waals surface area contributed by atoms with Crippen molar-refractivity contribution >= 4 is 11.8 Å². The Morgan fingerprint density at radius 2 is 1.93 bits per heavy atom. The second kappa shape index (κ2) is 9.09. The number of rotatable bonds is 8. The molecule has 0 bridgehead atoms. The zero-order valence-corrected chi connectivity index (χ0v) is 16.8. The lowest BCUT2D eigenvalue weighted by Crippen LogP contribution is -2.12. The summed E-state index contributed by atoms with van der Waals surface area (Å²) in [6.45, 7) is 4.23. The molecule has 0 aliphatic carbocycles. The number of hydrogen-bond acceptors (Lipinski definition) is 8. The standard InChI is InChI=1S/C21H23N3O5/c1-5-28-21(25)16-12-23-19(14-7-9-17(26-3)18(10-14)27-4)24-20(16)22-11-15-8-6-13(2)29-15/h6-10,12H,5,11H2,1-4H3,(H,22,23,24). The predicted octanol–water partition coefficient (Wildman–Crippen LogP) is 3.85. The first-order valence-electron chi connectivity index (χ1n) is 9.11. The van der Waals surface area contributed by atoms with Gasteiger partial charge in [0.2, 0.25) is 0 Å². The van der Waals surface area contributed by atoms with Crippen LogP contribution in [0.3, 0.4) is 0 Å². The highest BCUT2D eigenvalue weighted by Gasteiger charge is 2.18. The Morgan fingerprint density at radius 3 is 2.59 bits per heavy atom. The van der Waals surface area contributed by atoms with Crippen molar-refractivity contribution < 1.29 is 23.4 Å². The molecule has 0 saturated carbocycles. The number of benzene rings is 1. The van der Waals surface area contributed by atoms with E-state index in [0.29, 0.717) is 29.7 Å². The number of nitrogens with zero attached hydrogens (tertiary/aromatic N) is 2. The molecule has 8 heteroatoms. The van der Waals surface area contributed by atoms with Crippen LogP contribution in [0.2, 0.25) is 0 Å². The number of ether oxygens (including phenoxy) is 3. The quantitative estimate of drug-likeness (QED) is 0.573. The Hall–Kier alpha value is -3.55. The van der Waals surface area contributed by atoms with E-state index in [1.165, 1.54) is 6.20 Å². The maximum atomic E-state index is 12.3. The van der Waals surface area contributed by atoms with Crippen LogP contribution in [0.15, 0.2) is 40.9 Å². The summed E-state index contributed by atoms with van der Waals surface area (Å²) in [6.07, 6.45) is 1.45. The molecular formula is C21H23N3O5. The SMILES string of the molecule is CCOC(=O)c1cnc(-c2ccc(OC)c(OC)c2)nc1NCc1ccc(C)o1. The molecule has 3 aromatic rings. The number of anilines is 1. The minimum atomic E-state index is -0.496. The highest BCUT2D eigenvalue weighted by Crippen LogP contribution is 2.31. The maximum Gasteiger partial charge on any atom is 0.343 e. The van der Waals surface area contributed by atoms with Crippen molar-refractivity contribution in [2.24, 2.45) is 0 Å². The number of furan rings is 1. The lowest BCUT2D eigenvalue weighted by atomic mass is 10.1. The first-order chi connectivity index (χ1) is 14.0. The number of esters is 1. The summed E-state index contributed by atoms with van der Waals surface area (Å²) in [5.41, 5.74) is 0.967. The van der Waals surface area contributed by atoms with Crippen molar-refractivity contribution in [3.63, 3.8) is 0 Å². The van der Waals surface area contributed by atoms with Crippen LogP contribution in [0.25, 0.3) is 11.4 Å². The zero-order chi connectivity index (χ0) is 20.8. The monoisotopic (exact) mass is 397 g/mol. The molecule has 0 atom stereocenters. The van der Waals surface area contributed by atoms with Gasteiger partial charge in [0.1, 0.15) is 22.9 Å². The molecule has 2 aromatic heterocycles. The second-order valence-corrected chi connectivity index (χ2v) is 6.11. The van der Waals surface area contributed by atoms with Crippen LogP contribution < -0.4 is 14.8 Å². The molecule has 0 aliphatic heterocycles. The van der Waals surface area contributed by atoms with Crippen LogP contribution in [0.5, 0.6) is 11.5 Å². The van der Waals surface area contributed by atoms with Gasteiger partial charge in [0, 0.05) is 11.8 Å². The van der Waals surface area contributed by atoms with E-state index < -0.39 is 5.97 Å². The third kappa shape index (κ3) is 4.66. The van der Waals surface area contributed by atoms with Gasteiger partial charge in [0.05, 0.1) is 27.4 Å². The summed E-state index contributed by atoms with van der Waals surface area (Å²) in [6, 6.07) is 9.11. The van der Waals surface area contributed by atoms with Crippen molar-refractivity contribution in [3.8, 4) is 22.9 Å². The van der Waals surface area contributed by atoms with E-state index >= 15 is 0 Å². The summed E-state index contributed by atoms with van der Waals surface area (Å²) < 4.78 is 21.3. The first-order valence-corrected chi connectivity index (χ1v) is 9.11. The van der Waals surface area contributed by atoms with Gasteiger partial charge in [-0.15, -0.1) is 0 Å². The van der Waals surface area contributed by atoms with Crippen LogP contribution in [-0.4, -0.2) is 36.8 Å². The maximum absolute atomic E-state index is 12.3. The normalized spacial score (nSPS) is 10.5. The second-order valence-electron chi connectivity index (χ2n) is 6.11. The van der Waals surface area contributed by atoms with E-state index in [-0.39, 0.29) is 12.2 Å². The summed E-state index contributed by atoms with van der Waals surface area (Å²) in [5, 5.41) is 3.14. The molecule has 8 nitrogen and oxygen atoms in total. The number of aromatic nitrogens is 2. The molecule has 0 fully saturated rings. The number of methoxy groups -OCH3 is 2. The van der Waals surface area contributed by atoms with Gasteiger partial charge in [-0.1, -0.05) is 0 Å². The number of aryl methyl sites for hydroxylation is 1. The smallest absolute Gasteiger partial charge is 0.343 e. The van der Waals surface area contributed by atoms with E-state index in [4.69, 9.17) is 18.6 Å². The van der Waals surface area contributed by atoms with E-state index in [0.717, 1.165) is 17.1 Å². The average molecular weight is 397 g/mol. The molecule has 29 heavy (non-hydrogen) atoms. The highest BCUT2D eigenvalue weighted by atomic mass is 16.5. The molecule has 0 spiro atoms. The van der Waals surface area contributed by atoms with Crippen molar-refractivity contribution in [2.75, 3.05) is 26.1 Å². The van der Waals surface area contributed by atoms with Gasteiger partial charge in [0.15, 0.2) is 17.3 Å². The van der Waals surface area contributed by atoms with Crippen LogP contribution in [0.4, 0.5) is 5.82 Å². The molecule has 0 radical (unpaired) electrons. The number of nitrogens with one attached hydrogen (secondary N) is 1. The van der Waals surface area contributed by atoms with E-state index in [1.54, 1.807) is 33.3 Å². The summed E-state index contributed by atoms with van der Waals surface area (Å²) in [4.78, 5) is 21.2. The molecule has 0 saturated heterocycles. The van der Waals surface area contributed by atoms with Crippen molar-refractivity contribution in [1.29, 1.82) is 0 Å². The first kappa shape index (κ1) is 20.2. The minimum absolute atomic E-state index is 0.249. The Bertz CT molecular complexity index is 1000. The Labute approximate surface area is 168 Å². The molecule has 1 N–H and O–H groups in total. The molecule has 0 unspecified atom stereocenters. The molecule has 3 rings (SSSR count). The topological polar surface area (TPSA) is 95.7 Å². The Morgan fingerprint density at radius 1 is 1.14 bits per heavy atom. The predicted molar refractivity (Wildman–Crippen MR) is 107 cm³/mol.